The Kier molecular flexibility index (Phi) is 3.42. The maximum absolute atomic E-state index is 3.76. The number of likely N-dealkylation sites (tertiary alicyclic amines) is 1. The van der Waals surface area contributed by atoms with Crippen LogP contribution in [-0.4, -0.2) is 61.7 Å². The lowest BCUT2D eigenvalue weighted by Gasteiger charge is -2.37. The molecule has 3 heteroatoms. The Labute approximate surface area is 106 Å². The fourth-order valence-corrected chi connectivity index (χ4v) is 4.09. The molecule has 0 spiro atoms. The number of hydrogen-bond acceptors (Lipinski definition) is 3. The van der Waals surface area contributed by atoms with Crippen LogP contribution in [0.4, 0.5) is 0 Å². The summed E-state index contributed by atoms with van der Waals surface area (Å²) in [6.07, 6.45) is 7.01. The van der Waals surface area contributed by atoms with E-state index in [9.17, 15) is 0 Å². The minimum absolute atomic E-state index is 0.838. The zero-order valence-corrected chi connectivity index (χ0v) is 11.4. The van der Waals surface area contributed by atoms with Crippen LogP contribution >= 0.6 is 0 Å². The van der Waals surface area contributed by atoms with Gasteiger partial charge in [-0.15, -0.1) is 0 Å². The molecule has 98 valence electrons. The van der Waals surface area contributed by atoms with Gasteiger partial charge in [0, 0.05) is 24.7 Å². The Morgan fingerprint density at radius 3 is 2.53 bits per heavy atom. The third-order valence-electron chi connectivity index (χ3n) is 5.27. The van der Waals surface area contributed by atoms with E-state index < -0.39 is 0 Å². The van der Waals surface area contributed by atoms with Crippen molar-refractivity contribution >= 4 is 0 Å². The van der Waals surface area contributed by atoms with Crippen molar-refractivity contribution in [1.82, 2.24) is 15.1 Å². The predicted octanol–water partition coefficient (Wildman–Crippen LogP) is 1.15. The van der Waals surface area contributed by atoms with Crippen molar-refractivity contribution in [2.45, 2.75) is 50.2 Å². The van der Waals surface area contributed by atoms with E-state index in [1.54, 1.807) is 0 Å². The van der Waals surface area contributed by atoms with Gasteiger partial charge < -0.3 is 15.1 Å². The van der Waals surface area contributed by atoms with Gasteiger partial charge in [-0.1, -0.05) is 0 Å². The van der Waals surface area contributed by atoms with E-state index in [1.165, 1.54) is 51.7 Å². The SMILES string of the molecule is CN1CCC(N(C)CC2CC3CCC2N3)CC1. The van der Waals surface area contributed by atoms with Crippen LogP contribution in [0, 0.1) is 5.92 Å². The number of piperidine rings is 1. The van der Waals surface area contributed by atoms with E-state index in [1.807, 2.05) is 0 Å². The number of nitrogens with zero attached hydrogens (tertiary/aromatic N) is 2. The molecule has 0 amide bonds. The van der Waals surface area contributed by atoms with Crippen LogP contribution in [0.5, 0.6) is 0 Å². The highest BCUT2D eigenvalue weighted by Gasteiger charge is 2.39. The molecule has 3 aliphatic heterocycles. The zero-order valence-electron chi connectivity index (χ0n) is 11.4. The van der Waals surface area contributed by atoms with Crippen LogP contribution < -0.4 is 5.32 Å². The number of hydrogen-bond donors (Lipinski definition) is 1. The van der Waals surface area contributed by atoms with E-state index in [0.29, 0.717) is 0 Å². The van der Waals surface area contributed by atoms with Gasteiger partial charge in [0.05, 0.1) is 0 Å². The molecule has 3 heterocycles. The first-order chi connectivity index (χ1) is 8.22. The van der Waals surface area contributed by atoms with Gasteiger partial charge in [-0.05, 0) is 65.2 Å². The van der Waals surface area contributed by atoms with Crippen LogP contribution in [0.2, 0.25) is 0 Å². The van der Waals surface area contributed by atoms with E-state index in [-0.39, 0.29) is 0 Å². The highest BCUT2D eigenvalue weighted by Crippen LogP contribution is 2.34. The van der Waals surface area contributed by atoms with Crippen molar-refractivity contribution in [1.29, 1.82) is 0 Å². The first-order valence-corrected chi connectivity index (χ1v) is 7.37. The highest BCUT2D eigenvalue weighted by atomic mass is 15.2. The quantitative estimate of drug-likeness (QED) is 0.794. The van der Waals surface area contributed by atoms with Gasteiger partial charge in [0.2, 0.25) is 0 Å². The standard InChI is InChI=1S/C14H27N3/c1-16-7-5-13(6-8-16)17(2)10-11-9-12-3-4-14(11)15-12/h11-15H,3-10H2,1-2H3. The van der Waals surface area contributed by atoms with Gasteiger partial charge in [0.15, 0.2) is 0 Å². The normalized spacial score (nSPS) is 39.4. The van der Waals surface area contributed by atoms with E-state index >= 15 is 0 Å². The van der Waals surface area contributed by atoms with Crippen molar-refractivity contribution in [2.75, 3.05) is 33.7 Å². The average molecular weight is 237 g/mol. The van der Waals surface area contributed by atoms with Gasteiger partial charge in [-0.3, -0.25) is 0 Å². The third-order valence-corrected chi connectivity index (χ3v) is 5.27. The number of rotatable bonds is 3. The Bertz CT molecular complexity index is 260. The smallest absolute Gasteiger partial charge is 0.0117 e. The molecule has 3 saturated heterocycles. The van der Waals surface area contributed by atoms with Gasteiger partial charge in [0.25, 0.3) is 0 Å². The van der Waals surface area contributed by atoms with Gasteiger partial charge in [-0.25, -0.2) is 0 Å². The van der Waals surface area contributed by atoms with Crippen molar-refractivity contribution < 1.29 is 0 Å². The molecule has 0 aliphatic carbocycles. The summed E-state index contributed by atoms with van der Waals surface area (Å²) in [7, 11) is 4.60. The summed E-state index contributed by atoms with van der Waals surface area (Å²) >= 11 is 0. The van der Waals surface area contributed by atoms with Crippen molar-refractivity contribution in [3.05, 3.63) is 0 Å². The minimum Gasteiger partial charge on any atom is -0.311 e. The molecule has 3 unspecified atom stereocenters. The number of nitrogens with one attached hydrogen (secondary N) is 1. The molecule has 0 aromatic carbocycles. The first kappa shape index (κ1) is 11.9. The average Bonchev–Trinajstić information content (AvgIpc) is 2.91. The molecule has 0 saturated carbocycles. The second-order valence-corrected chi connectivity index (χ2v) is 6.52. The summed E-state index contributed by atoms with van der Waals surface area (Å²) < 4.78 is 0. The molecule has 3 fully saturated rings. The lowest BCUT2D eigenvalue weighted by molar-refractivity contribution is 0.123. The second-order valence-electron chi connectivity index (χ2n) is 6.52. The molecule has 0 aromatic rings. The molecule has 3 aliphatic rings. The van der Waals surface area contributed by atoms with E-state index in [0.717, 1.165) is 24.0 Å². The molecular weight excluding hydrogens is 210 g/mol. The molecule has 2 bridgehead atoms. The summed E-state index contributed by atoms with van der Waals surface area (Å²) in [6, 6.07) is 2.54. The lowest BCUT2D eigenvalue weighted by Crippen LogP contribution is -2.44. The molecular formula is C14H27N3. The number of fused-ring (bicyclic) bond motifs is 2. The molecule has 17 heavy (non-hydrogen) atoms. The Morgan fingerprint density at radius 2 is 1.94 bits per heavy atom. The summed E-state index contributed by atoms with van der Waals surface area (Å²) in [5, 5.41) is 3.76. The van der Waals surface area contributed by atoms with Gasteiger partial charge in [-0.2, -0.15) is 0 Å². The Morgan fingerprint density at radius 1 is 1.18 bits per heavy atom. The lowest BCUT2D eigenvalue weighted by atomic mass is 9.88. The molecule has 0 aromatic heterocycles. The monoisotopic (exact) mass is 237 g/mol. The Balaban J connectivity index is 1.48. The molecule has 1 N–H and O–H groups in total. The van der Waals surface area contributed by atoms with Crippen LogP contribution in [0.1, 0.15) is 32.1 Å². The second kappa shape index (κ2) is 4.87. The predicted molar refractivity (Wildman–Crippen MR) is 71.2 cm³/mol. The van der Waals surface area contributed by atoms with Crippen molar-refractivity contribution in [3.63, 3.8) is 0 Å². The van der Waals surface area contributed by atoms with Crippen LogP contribution in [0.25, 0.3) is 0 Å². The maximum Gasteiger partial charge on any atom is 0.0117 e. The largest absolute Gasteiger partial charge is 0.311 e. The summed E-state index contributed by atoms with van der Waals surface area (Å²) in [6.45, 7) is 3.89. The molecule has 3 atom stereocenters. The molecule has 3 rings (SSSR count). The van der Waals surface area contributed by atoms with Crippen LogP contribution in [-0.2, 0) is 0 Å². The van der Waals surface area contributed by atoms with Crippen LogP contribution in [0.15, 0.2) is 0 Å². The van der Waals surface area contributed by atoms with E-state index in [2.05, 4.69) is 29.2 Å². The van der Waals surface area contributed by atoms with Crippen molar-refractivity contribution in [2.24, 2.45) is 5.92 Å². The molecule has 3 nitrogen and oxygen atoms in total. The van der Waals surface area contributed by atoms with Crippen molar-refractivity contribution in [3.8, 4) is 0 Å². The zero-order chi connectivity index (χ0) is 11.8. The summed E-state index contributed by atoms with van der Waals surface area (Å²) in [4.78, 5) is 5.11. The maximum atomic E-state index is 3.76. The third kappa shape index (κ3) is 2.51. The van der Waals surface area contributed by atoms with E-state index in [4.69, 9.17) is 0 Å². The Hall–Kier alpha value is -0.120. The minimum atomic E-state index is 0.838. The fraction of sp³-hybridized carbons (Fsp3) is 1.00. The first-order valence-electron chi connectivity index (χ1n) is 7.37. The topological polar surface area (TPSA) is 18.5 Å². The summed E-state index contributed by atoms with van der Waals surface area (Å²) in [5.41, 5.74) is 0. The summed E-state index contributed by atoms with van der Waals surface area (Å²) in [5.74, 6) is 0.929. The van der Waals surface area contributed by atoms with Crippen LogP contribution in [0.3, 0.4) is 0 Å². The molecule has 0 radical (unpaired) electrons. The van der Waals surface area contributed by atoms with Gasteiger partial charge in [0.1, 0.15) is 0 Å². The van der Waals surface area contributed by atoms with Gasteiger partial charge >= 0.3 is 0 Å². The fourth-order valence-electron chi connectivity index (χ4n) is 4.09. The highest BCUT2D eigenvalue weighted by molar-refractivity contribution is 4.98.